The molecule has 1 heterocycles. The molecule has 3 rings (SSSR count). The van der Waals surface area contributed by atoms with Crippen LogP contribution < -0.4 is 0 Å². The third kappa shape index (κ3) is 2.81. The number of alkyl halides is 1. The van der Waals surface area contributed by atoms with Gasteiger partial charge in [0.2, 0.25) is 0 Å². The quantitative estimate of drug-likeness (QED) is 0.784. The first-order chi connectivity index (χ1) is 10.1. The van der Waals surface area contributed by atoms with E-state index in [1.165, 1.54) is 0 Å². The van der Waals surface area contributed by atoms with E-state index in [4.69, 9.17) is 5.11 Å². The highest BCUT2D eigenvalue weighted by Crippen LogP contribution is 2.47. The van der Waals surface area contributed by atoms with Crippen LogP contribution in [0.4, 0.5) is 4.39 Å². The monoisotopic (exact) mass is 400 g/mol. The summed E-state index contributed by atoms with van der Waals surface area (Å²) in [6.07, 6.45) is 2.36. The number of carboxylic acids is 1. The zero-order valence-corrected chi connectivity index (χ0v) is 13.3. The third-order valence-electron chi connectivity index (χ3n) is 3.82. The standard InChI is InChI=1S/C15H14FIN2O2/c16-5-6-19-8-18-13(14(19)17)10-3-1-9(2-4-10)11-7-12(11)15(20)21/h1-4,8,11-12H,5-7H2,(H,20,21)/t11-,12+/m1/s1. The Balaban J connectivity index is 1.80. The Morgan fingerprint density at radius 3 is 2.71 bits per heavy atom. The summed E-state index contributed by atoms with van der Waals surface area (Å²) >= 11 is 2.17. The van der Waals surface area contributed by atoms with Crippen molar-refractivity contribution in [1.29, 1.82) is 0 Å². The SMILES string of the molecule is O=C(O)[C@H]1C[C@@H]1c1ccc(-c2ncn(CCF)c2I)cc1. The molecule has 110 valence electrons. The summed E-state index contributed by atoms with van der Waals surface area (Å²) in [5.41, 5.74) is 2.86. The molecule has 0 aliphatic heterocycles. The molecule has 1 N–H and O–H groups in total. The second-order valence-electron chi connectivity index (χ2n) is 5.18. The van der Waals surface area contributed by atoms with Gasteiger partial charge in [0.25, 0.3) is 0 Å². The highest BCUT2D eigenvalue weighted by atomic mass is 127. The highest BCUT2D eigenvalue weighted by molar-refractivity contribution is 14.1. The lowest BCUT2D eigenvalue weighted by atomic mass is 10.1. The number of hydrogen-bond acceptors (Lipinski definition) is 2. The topological polar surface area (TPSA) is 55.1 Å². The van der Waals surface area contributed by atoms with E-state index in [-0.39, 0.29) is 11.8 Å². The van der Waals surface area contributed by atoms with Crippen LogP contribution in [0.5, 0.6) is 0 Å². The summed E-state index contributed by atoms with van der Waals surface area (Å²) in [4.78, 5) is 15.2. The van der Waals surface area contributed by atoms with E-state index in [2.05, 4.69) is 27.6 Å². The van der Waals surface area contributed by atoms with Crippen LogP contribution in [0, 0.1) is 9.62 Å². The van der Waals surface area contributed by atoms with Gasteiger partial charge in [0.1, 0.15) is 16.1 Å². The maximum atomic E-state index is 12.4. The van der Waals surface area contributed by atoms with Gasteiger partial charge in [0, 0.05) is 5.56 Å². The molecule has 2 aromatic rings. The van der Waals surface area contributed by atoms with E-state index in [1.807, 2.05) is 24.3 Å². The van der Waals surface area contributed by atoms with Gasteiger partial charge in [-0.3, -0.25) is 4.79 Å². The van der Waals surface area contributed by atoms with Crippen LogP contribution >= 0.6 is 22.6 Å². The summed E-state index contributed by atoms with van der Waals surface area (Å²) in [5, 5.41) is 8.96. The van der Waals surface area contributed by atoms with Crippen molar-refractivity contribution in [3.05, 3.63) is 39.9 Å². The van der Waals surface area contributed by atoms with Crippen molar-refractivity contribution in [2.24, 2.45) is 5.92 Å². The molecule has 1 fully saturated rings. The molecule has 1 aromatic heterocycles. The summed E-state index contributed by atoms with van der Waals surface area (Å²) in [6, 6.07) is 7.84. The average Bonchev–Trinajstić information content (AvgIpc) is 3.20. The van der Waals surface area contributed by atoms with Crippen LogP contribution in [0.1, 0.15) is 17.9 Å². The van der Waals surface area contributed by atoms with Gasteiger partial charge in [-0.25, -0.2) is 9.37 Å². The largest absolute Gasteiger partial charge is 0.481 e. The molecular weight excluding hydrogens is 386 g/mol. The van der Waals surface area contributed by atoms with Gasteiger partial charge in [-0.15, -0.1) is 0 Å². The average molecular weight is 400 g/mol. The predicted molar refractivity (Wildman–Crippen MR) is 84.8 cm³/mol. The Kier molecular flexibility index (Phi) is 3.97. The van der Waals surface area contributed by atoms with Crippen molar-refractivity contribution in [3.63, 3.8) is 0 Å². The molecule has 0 saturated heterocycles. The molecule has 4 nitrogen and oxygen atoms in total. The van der Waals surface area contributed by atoms with Gasteiger partial charge in [-0.2, -0.15) is 0 Å². The minimum atomic E-state index is -0.719. The molecule has 0 unspecified atom stereocenters. The van der Waals surface area contributed by atoms with E-state index in [1.54, 1.807) is 10.9 Å². The second kappa shape index (κ2) is 5.75. The molecule has 1 aliphatic rings. The number of imidazole rings is 1. The fourth-order valence-electron chi connectivity index (χ4n) is 2.53. The van der Waals surface area contributed by atoms with Crippen molar-refractivity contribution < 1.29 is 14.3 Å². The van der Waals surface area contributed by atoms with Crippen LogP contribution in [0.15, 0.2) is 30.6 Å². The zero-order valence-electron chi connectivity index (χ0n) is 11.2. The number of aliphatic carboxylic acids is 1. The van der Waals surface area contributed by atoms with Gasteiger partial charge in [0.15, 0.2) is 0 Å². The highest BCUT2D eigenvalue weighted by Gasteiger charge is 2.44. The summed E-state index contributed by atoms with van der Waals surface area (Å²) in [6.45, 7) is -0.102. The van der Waals surface area contributed by atoms with Gasteiger partial charge < -0.3 is 9.67 Å². The van der Waals surface area contributed by atoms with Crippen molar-refractivity contribution >= 4 is 28.6 Å². The first-order valence-electron chi connectivity index (χ1n) is 6.71. The number of halogens is 2. The Labute approximate surface area is 135 Å². The lowest BCUT2D eigenvalue weighted by Gasteiger charge is -2.04. The second-order valence-corrected chi connectivity index (χ2v) is 6.20. The van der Waals surface area contributed by atoms with Crippen molar-refractivity contribution in [2.75, 3.05) is 6.67 Å². The number of hydrogen-bond donors (Lipinski definition) is 1. The molecule has 0 bridgehead atoms. The van der Waals surface area contributed by atoms with Gasteiger partial charge in [0.05, 0.1) is 18.8 Å². The summed E-state index contributed by atoms with van der Waals surface area (Å²) in [7, 11) is 0. The minimum Gasteiger partial charge on any atom is -0.481 e. The van der Waals surface area contributed by atoms with Crippen molar-refractivity contribution in [2.45, 2.75) is 18.9 Å². The fourth-order valence-corrected chi connectivity index (χ4v) is 3.35. The Morgan fingerprint density at radius 2 is 2.14 bits per heavy atom. The normalized spacial score (nSPS) is 20.5. The maximum Gasteiger partial charge on any atom is 0.307 e. The minimum absolute atomic E-state index is 0.139. The maximum absolute atomic E-state index is 12.4. The number of benzene rings is 1. The van der Waals surface area contributed by atoms with Crippen molar-refractivity contribution in [3.8, 4) is 11.3 Å². The molecule has 0 radical (unpaired) electrons. The molecule has 2 atom stereocenters. The summed E-state index contributed by atoms with van der Waals surface area (Å²) < 4.78 is 15.1. The van der Waals surface area contributed by atoms with Crippen LogP contribution in [0.2, 0.25) is 0 Å². The molecule has 1 aromatic carbocycles. The number of carbonyl (C=O) groups is 1. The molecule has 1 aliphatic carbocycles. The first-order valence-corrected chi connectivity index (χ1v) is 7.79. The zero-order chi connectivity index (χ0) is 15.0. The van der Waals surface area contributed by atoms with E-state index < -0.39 is 12.6 Å². The van der Waals surface area contributed by atoms with Crippen LogP contribution in [0.3, 0.4) is 0 Å². The Bertz CT molecular complexity index is 669. The number of nitrogens with zero attached hydrogens (tertiary/aromatic N) is 2. The molecule has 1 saturated carbocycles. The molecule has 0 spiro atoms. The van der Waals surface area contributed by atoms with Crippen LogP contribution in [-0.2, 0) is 11.3 Å². The third-order valence-corrected chi connectivity index (χ3v) is 4.95. The predicted octanol–water partition coefficient (Wildman–Crippen LogP) is 3.31. The van der Waals surface area contributed by atoms with E-state index >= 15 is 0 Å². The number of aromatic nitrogens is 2. The smallest absolute Gasteiger partial charge is 0.307 e. The fraction of sp³-hybridized carbons (Fsp3) is 0.333. The van der Waals surface area contributed by atoms with Crippen LogP contribution in [0.25, 0.3) is 11.3 Å². The van der Waals surface area contributed by atoms with E-state index in [0.717, 1.165) is 26.9 Å². The van der Waals surface area contributed by atoms with Gasteiger partial charge in [-0.05, 0) is 40.5 Å². The number of rotatable bonds is 5. The number of aryl methyl sites for hydroxylation is 1. The van der Waals surface area contributed by atoms with Gasteiger partial charge in [-0.1, -0.05) is 24.3 Å². The molecule has 21 heavy (non-hydrogen) atoms. The van der Waals surface area contributed by atoms with Crippen LogP contribution in [-0.4, -0.2) is 27.3 Å². The first kappa shape index (κ1) is 14.5. The lowest BCUT2D eigenvalue weighted by molar-refractivity contribution is -0.138. The van der Waals surface area contributed by atoms with Crippen molar-refractivity contribution in [1.82, 2.24) is 9.55 Å². The Hall–Kier alpha value is -1.44. The Morgan fingerprint density at radius 1 is 1.43 bits per heavy atom. The summed E-state index contributed by atoms with van der Waals surface area (Å²) in [5.74, 6) is -0.817. The lowest BCUT2D eigenvalue weighted by Crippen LogP contribution is -2.00. The molecule has 0 amide bonds. The van der Waals surface area contributed by atoms with E-state index in [9.17, 15) is 9.18 Å². The molecule has 6 heteroatoms. The van der Waals surface area contributed by atoms with Gasteiger partial charge >= 0.3 is 5.97 Å². The van der Waals surface area contributed by atoms with E-state index in [0.29, 0.717) is 6.54 Å². The molecular formula is C15H14FIN2O2. The number of carboxylic acid groups (broad SMARTS) is 1.